The largest absolute Gasteiger partial charge is 0.391 e. The molecular weight excluding hydrogens is 218 g/mol. The molecule has 1 fully saturated rings. The molecule has 0 amide bonds. The predicted molar refractivity (Wildman–Crippen MR) is 64.8 cm³/mol. The molecule has 0 aromatic carbocycles. The molecule has 1 unspecified atom stereocenters. The highest BCUT2D eigenvalue weighted by molar-refractivity contribution is 5.45. The molecule has 1 aliphatic rings. The number of methoxy groups -OCH3 is 1. The van der Waals surface area contributed by atoms with Crippen molar-refractivity contribution in [3.8, 4) is 0 Å². The third kappa shape index (κ3) is 2.92. The van der Waals surface area contributed by atoms with Crippen molar-refractivity contribution in [2.24, 2.45) is 5.92 Å². The third-order valence-electron chi connectivity index (χ3n) is 3.16. The lowest BCUT2D eigenvalue weighted by Gasteiger charge is -2.34. The van der Waals surface area contributed by atoms with Crippen LogP contribution in [0.2, 0.25) is 0 Å². The lowest BCUT2D eigenvalue weighted by Crippen LogP contribution is -2.38. The zero-order valence-electron chi connectivity index (χ0n) is 10.2. The highest BCUT2D eigenvalue weighted by Gasteiger charge is 2.22. The Labute approximate surface area is 101 Å². The fourth-order valence-corrected chi connectivity index (χ4v) is 2.38. The van der Waals surface area contributed by atoms with E-state index in [2.05, 4.69) is 14.9 Å². The van der Waals surface area contributed by atoms with E-state index in [0.29, 0.717) is 5.92 Å². The Kier molecular flexibility index (Phi) is 4.28. The maximum absolute atomic E-state index is 9.29. The van der Waals surface area contributed by atoms with Crippen LogP contribution in [0.5, 0.6) is 0 Å². The molecule has 0 aliphatic carbocycles. The predicted octanol–water partition coefficient (Wildman–Crippen LogP) is 0.832. The van der Waals surface area contributed by atoms with Crippen LogP contribution in [0.15, 0.2) is 12.5 Å². The molecule has 0 radical (unpaired) electrons. The van der Waals surface area contributed by atoms with E-state index in [1.807, 2.05) is 0 Å². The summed E-state index contributed by atoms with van der Waals surface area (Å²) in [6.45, 7) is 2.71. The minimum absolute atomic E-state index is 0.0123. The second-order valence-corrected chi connectivity index (χ2v) is 4.44. The molecule has 94 valence electrons. The van der Waals surface area contributed by atoms with Gasteiger partial charge in [0.15, 0.2) is 0 Å². The monoisotopic (exact) mass is 237 g/mol. The zero-order valence-corrected chi connectivity index (χ0v) is 10.2. The van der Waals surface area contributed by atoms with Crippen LogP contribution in [0.4, 0.5) is 5.82 Å². The second kappa shape index (κ2) is 5.93. The summed E-state index contributed by atoms with van der Waals surface area (Å²) < 4.78 is 5.21. The topological polar surface area (TPSA) is 58.5 Å². The summed E-state index contributed by atoms with van der Waals surface area (Å²) in [6.07, 6.45) is 5.56. The number of nitrogens with zero attached hydrogens (tertiary/aromatic N) is 3. The molecule has 17 heavy (non-hydrogen) atoms. The highest BCUT2D eigenvalue weighted by Crippen LogP contribution is 2.24. The van der Waals surface area contributed by atoms with Crippen molar-refractivity contribution < 1.29 is 9.84 Å². The number of piperidine rings is 1. The van der Waals surface area contributed by atoms with Crippen LogP contribution in [0, 0.1) is 5.92 Å². The van der Waals surface area contributed by atoms with Gasteiger partial charge in [-0.15, -0.1) is 0 Å². The number of hydrogen-bond donors (Lipinski definition) is 1. The molecule has 5 heteroatoms. The summed E-state index contributed by atoms with van der Waals surface area (Å²) in [5, 5.41) is 9.29. The molecule has 1 aliphatic heterocycles. The van der Waals surface area contributed by atoms with Gasteiger partial charge >= 0.3 is 0 Å². The minimum atomic E-state index is -0.0123. The summed E-state index contributed by atoms with van der Waals surface area (Å²) in [4.78, 5) is 10.4. The van der Waals surface area contributed by atoms with E-state index in [1.165, 1.54) is 12.7 Å². The maximum Gasteiger partial charge on any atom is 0.137 e. The van der Waals surface area contributed by atoms with E-state index >= 15 is 0 Å². The SMILES string of the molecule is COCC1CCCN(c2ncncc2CO)C1. The average molecular weight is 237 g/mol. The van der Waals surface area contributed by atoms with Crippen molar-refractivity contribution in [1.82, 2.24) is 9.97 Å². The number of aliphatic hydroxyl groups excluding tert-OH is 1. The van der Waals surface area contributed by atoms with Crippen LogP contribution >= 0.6 is 0 Å². The van der Waals surface area contributed by atoms with Crippen LogP contribution in [0.3, 0.4) is 0 Å². The first-order valence-corrected chi connectivity index (χ1v) is 5.98. The number of aromatic nitrogens is 2. The molecule has 2 rings (SSSR count). The van der Waals surface area contributed by atoms with Gasteiger partial charge in [0.1, 0.15) is 12.1 Å². The summed E-state index contributed by atoms with van der Waals surface area (Å²) in [5.41, 5.74) is 0.797. The van der Waals surface area contributed by atoms with Gasteiger partial charge in [-0.05, 0) is 18.8 Å². The first-order chi connectivity index (χ1) is 8.35. The van der Waals surface area contributed by atoms with Crippen molar-refractivity contribution in [2.45, 2.75) is 19.4 Å². The fraction of sp³-hybridized carbons (Fsp3) is 0.667. The van der Waals surface area contributed by atoms with Gasteiger partial charge in [-0.2, -0.15) is 0 Å². The Bertz CT molecular complexity index is 357. The van der Waals surface area contributed by atoms with Gasteiger partial charge in [0.2, 0.25) is 0 Å². The molecule has 5 nitrogen and oxygen atoms in total. The Balaban J connectivity index is 2.10. The van der Waals surface area contributed by atoms with Crippen LogP contribution < -0.4 is 4.90 Å². The molecule has 1 aromatic rings. The van der Waals surface area contributed by atoms with E-state index in [-0.39, 0.29) is 6.61 Å². The van der Waals surface area contributed by atoms with Crippen LogP contribution in [0.1, 0.15) is 18.4 Å². The fourth-order valence-electron chi connectivity index (χ4n) is 2.38. The second-order valence-electron chi connectivity index (χ2n) is 4.44. The number of rotatable bonds is 4. The molecular formula is C12H19N3O2. The molecule has 1 atom stereocenters. The van der Waals surface area contributed by atoms with Crippen LogP contribution in [-0.4, -0.2) is 41.9 Å². The minimum Gasteiger partial charge on any atom is -0.391 e. The lowest BCUT2D eigenvalue weighted by atomic mass is 9.99. The van der Waals surface area contributed by atoms with Crippen molar-refractivity contribution >= 4 is 5.82 Å². The summed E-state index contributed by atoms with van der Waals surface area (Å²) in [6, 6.07) is 0. The first kappa shape index (κ1) is 12.3. The van der Waals surface area contributed by atoms with E-state index in [0.717, 1.165) is 37.5 Å². The van der Waals surface area contributed by atoms with Crippen molar-refractivity contribution in [2.75, 3.05) is 31.7 Å². The van der Waals surface area contributed by atoms with E-state index in [4.69, 9.17) is 4.74 Å². The molecule has 1 aromatic heterocycles. The molecule has 1 saturated heterocycles. The van der Waals surface area contributed by atoms with Gasteiger partial charge in [0, 0.05) is 32.0 Å². The normalized spacial score (nSPS) is 20.6. The van der Waals surface area contributed by atoms with Gasteiger partial charge in [-0.3, -0.25) is 0 Å². The Morgan fingerprint density at radius 1 is 1.59 bits per heavy atom. The smallest absolute Gasteiger partial charge is 0.137 e. The first-order valence-electron chi connectivity index (χ1n) is 5.98. The van der Waals surface area contributed by atoms with E-state index in [9.17, 15) is 5.11 Å². The van der Waals surface area contributed by atoms with Crippen molar-refractivity contribution in [1.29, 1.82) is 0 Å². The molecule has 2 heterocycles. The molecule has 0 bridgehead atoms. The zero-order chi connectivity index (χ0) is 12.1. The average Bonchev–Trinajstić information content (AvgIpc) is 2.39. The number of ether oxygens (including phenoxy) is 1. The number of aliphatic hydroxyl groups is 1. The quantitative estimate of drug-likeness (QED) is 0.840. The van der Waals surface area contributed by atoms with Gasteiger partial charge in [0.05, 0.1) is 13.2 Å². The van der Waals surface area contributed by atoms with E-state index in [1.54, 1.807) is 13.3 Å². The summed E-state index contributed by atoms with van der Waals surface area (Å²) in [5.74, 6) is 1.42. The Morgan fingerprint density at radius 3 is 3.24 bits per heavy atom. The number of anilines is 1. The third-order valence-corrected chi connectivity index (χ3v) is 3.16. The van der Waals surface area contributed by atoms with Crippen molar-refractivity contribution in [3.63, 3.8) is 0 Å². The van der Waals surface area contributed by atoms with Gasteiger partial charge < -0.3 is 14.7 Å². The van der Waals surface area contributed by atoms with Crippen LogP contribution in [0.25, 0.3) is 0 Å². The van der Waals surface area contributed by atoms with E-state index < -0.39 is 0 Å². The van der Waals surface area contributed by atoms with Gasteiger partial charge in [-0.25, -0.2) is 9.97 Å². The standard InChI is InChI=1S/C12H19N3O2/c1-17-8-10-3-2-4-15(6-10)12-11(7-16)5-13-9-14-12/h5,9-10,16H,2-4,6-8H2,1H3. The van der Waals surface area contributed by atoms with Crippen molar-refractivity contribution in [3.05, 3.63) is 18.1 Å². The highest BCUT2D eigenvalue weighted by atomic mass is 16.5. The molecule has 0 saturated carbocycles. The van der Waals surface area contributed by atoms with Gasteiger partial charge in [-0.1, -0.05) is 0 Å². The Morgan fingerprint density at radius 2 is 2.47 bits per heavy atom. The summed E-state index contributed by atoms with van der Waals surface area (Å²) >= 11 is 0. The molecule has 1 N–H and O–H groups in total. The maximum atomic E-state index is 9.29. The summed E-state index contributed by atoms with van der Waals surface area (Å²) in [7, 11) is 1.74. The number of hydrogen-bond acceptors (Lipinski definition) is 5. The van der Waals surface area contributed by atoms with Gasteiger partial charge in [0.25, 0.3) is 0 Å². The molecule has 0 spiro atoms. The lowest BCUT2D eigenvalue weighted by molar-refractivity contribution is 0.143. The Hall–Kier alpha value is -1.20. The van der Waals surface area contributed by atoms with Crippen LogP contribution in [-0.2, 0) is 11.3 Å².